The molecule has 1 aromatic carbocycles. The quantitative estimate of drug-likeness (QED) is 0.732. The zero-order chi connectivity index (χ0) is 10.6. The van der Waals surface area contributed by atoms with Crippen LogP contribution in [0.15, 0.2) is 30.1 Å². The molecule has 0 saturated carbocycles. The lowest BCUT2D eigenvalue weighted by Gasteiger charge is -2.10. The number of nitrogens with zero attached hydrogens (tertiary/aromatic N) is 1. The summed E-state index contributed by atoms with van der Waals surface area (Å²) in [5.41, 5.74) is 7.24. The molecule has 0 saturated heterocycles. The molecule has 4 heteroatoms. The first-order valence-corrected chi connectivity index (χ1v) is 4.40. The van der Waals surface area contributed by atoms with Crippen LogP contribution in [0.5, 0.6) is 0 Å². The number of benzene rings is 1. The molecule has 3 nitrogen and oxygen atoms in total. The summed E-state index contributed by atoms with van der Waals surface area (Å²) in [7, 11) is 0. The molecule has 0 unspecified atom stereocenters. The first kappa shape index (κ1) is 10.4. The second-order valence-corrected chi connectivity index (χ2v) is 3.19. The molecule has 0 aliphatic rings. The lowest BCUT2D eigenvalue weighted by atomic mass is 10.2. The molecule has 3 N–H and O–H groups in total. The molecule has 0 aliphatic carbocycles. The van der Waals surface area contributed by atoms with Crippen LogP contribution in [0.3, 0.4) is 0 Å². The van der Waals surface area contributed by atoms with Gasteiger partial charge < -0.3 is 11.1 Å². The highest BCUT2D eigenvalue weighted by Gasteiger charge is 2.02. The van der Waals surface area contributed by atoms with Crippen LogP contribution >= 0.6 is 11.6 Å². The van der Waals surface area contributed by atoms with Crippen LogP contribution in [0.4, 0.5) is 5.69 Å². The lowest BCUT2D eigenvalue weighted by molar-refractivity contribution is 1.29. The van der Waals surface area contributed by atoms with Crippen molar-refractivity contribution in [1.29, 1.82) is 5.26 Å². The van der Waals surface area contributed by atoms with Crippen molar-refractivity contribution < 1.29 is 0 Å². The predicted molar refractivity (Wildman–Crippen MR) is 57.7 cm³/mol. The van der Waals surface area contributed by atoms with E-state index in [0.29, 0.717) is 5.02 Å². The number of hydrogen-bond acceptors (Lipinski definition) is 3. The lowest BCUT2D eigenvalue weighted by Crippen LogP contribution is -2.09. The highest BCUT2D eigenvalue weighted by atomic mass is 35.5. The minimum absolute atomic E-state index is 0.281. The van der Waals surface area contributed by atoms with Gasteiger partial charge in [-0.05, 0) is 18.6 Å². The summed E-state index contributed by atoms with van der Waals surface area (Å²) < 4.78 is 0. The number of para-hydroxylation sites is 1. The monoisotopic (exact) mass is 207 g/mol. The number of nitrogens with one attached hydrogen (secondary N) is 1. The summed E-state index contributed by atoms with van der Waals surface area (Å²) in [6.07, 6.45) is 1.22. The fourth-order valence-corrected chi connectivity index (χ4v) is 1.31. The van der Waals surface area contributed by atoms with Crippen molar-refractivity contribution >= 4 is 17.3 Å². The molecular weight excluding hydrogens is 198 g/mol. The molecule has 1 rings (SSSR count). The highest BCUT2D eigenvalue weighted by molar-refractivity contribution is 6.33. The largest absolute Gasteiger partial charge is 0.385 e. The van der Waals surface area contributed by atoms with Gasteiger partial charge in [-0.1, -0.05) is 23.7 Å². The van der Waals surface area contributed by atoms with Gasteiger partial charge in [-0.25, -0.2) is 0 Å². The molecule has 0 radical (unpaired) electrons. The SMILES string of the molecule is Cc1cccc(Cl)c1N/C(N)=C/C#N. The average Bonchev–Trinajstić information content (AvgIpc) is 2.12. The van der Waals surface area contributed by atoms with E-state index >= 15 is 0 Å². The van der Waals surface area contributed by atoms with Crippen molar-refractivity contribution in [3.63, 3.8) is 0 Å². The molecule has 0 bridgehead atoms. The van der Waals surface area contributed by atoms with E-state index < -0.39 is 0 Å². The Morgan fingerprint density at radius 2 is 2.36 bits per heavy atom. The number of anilines is 1. The topological polar surface area (TPSA) is 61.8 Å². The van der Waals surface area contributed by atoms with Crippen molar-refractivity contribution in [2.75, 3.05) is 5.32 Å². The molecular formula is C10H10ClN3. The highest BCUT2D eigenvalue weighted by Crippen LogP contribution is 2.25. The zero-order valence-electron chi connectivity index (χ0n) is 7.71. The van der Waals surface area contributed by atoms with Crippen LogP contribution in [-0.2, 0) is 0 Å². The van der Waals surface area contributed by atoms with E-state index in [0.717, 1.165) is 11.3 Å². The van der Waals surface area contributed by atoms with Crippen LogP contribution in [0.25, 0.3) is 0 Å². The molecule has 14 heavy (non-hydrogen) atoms. The Hall–Kier alpha value is -1.66. The summed E-state index contributed by atoms with van der Waals surface area (Å²) in [5.74, 6) is 0.281. The first-order chi connectivity index (χ1) is 6.65. The van der Waals surface area contributed by atoms with Gasteiger partial charge >= 0.3 is 0 Å². The van der Waals surface area contributed by atoms with Gasteiger partial charge in [0.05, 0.1) is 22.9 Å². The molecule has 0 amide bonds. The minimum atomic E-state index is 0.281. The van der Waals surface area contributed by atoms with Crippen LogP contribution in [0.2, 0.25) is 5.02 Å². The van der Waals surface area contributed by atoms with E-state index in [1.165, 1.54) is 6.08 Å². The number of halogens is 1. The van der Waals surface area contributed by atoms with Crippen LogP contribution in [-0.4, -0.2) is 0 Å². The Bertz CT molecular complexity index is 384. The first-order valence-electron chi connectivity index (χ1n) is 4.02. The summed E-state index contributed by atoms with van der Waals surface area (Å²) in [5, 5.41) is 11.8. The average molecular weight is 208 g/mol. The summed E-state index contributed by atoms with van der Waals surface area (Å²) in [4.78, 5) is 0. The smallest absolute Gasteiger partial charge is 0.111 e. The minimum Gasteiger partial charge on any atom is -0.385 e. The Labute approximate surface area is 87.8 Å². The van der Waals surface area contributed by atoms with Gasteiger partial charge in [-0.15, -0.1) is 0 Å². The Morgan fingerprint density at radius 3 is 2.93 bits per heavy atom. The van der Waals surface area contributed by atoms with E-state index in [2.05, 4.69) is 5.32 Å². The maximum Gasteiger partial charge on any atom is 0.111 e. The molecule has 0 spiro atoms. The van der Waals surface area contributed by atoms with Gasteiger partial charge in [0.2, 0.25) is 0 Å². The normalized spacial score (nSPS) is 10.8. The maximum absolute atomic E-state index is 8.37. The summed E-state index contributed by atoms with van der Waals surface area (Å²) in [6.45, 7) is 1.91. The number of nitriles is 1. The second-order valence-electron chi connectivity index (χ2n) is 2.79. The Balaban J connectivity index is 2.98. The number of nitrogens with two attached hydrogens (primary N) is 1. The molecule has 0 aliphatic heterocycles. The van der Waals surface area contributed by atoms with E-state index in [1.807, 2.05) is 25.1 Å². The van der Waals surface area contributed by atoms with Crippen molar-refractivity contribution in [2.24, 2.45) is 5.73 Å². The van der Waals surface area contributed by atoms with Crippen molar-refractivity contribution in [2.45, 2.75) is 6.92 Å². The Kier molecular flexibility index (Phi) is 3.38. The third-order valence-corrected chi connectivity index (χ3v) is 2.03. The van der Waals surface area contributed by atoms with Gasteiger partial charge in [0.25, 0.3) is 0 Å². The molecule has 0 heterocycles. The fourth-order valence-electron chi connectivity index (χ4n) is 1.04. The van der Waals surface area contributed by atoms with Crippen LogP contribution in [0, 0.1) is 18.3 Å². The van der Waals surface area contributed by atoms with Gasteiger partial charge in [0.15, 0.2) is 0 Å². The van der Waals surface area contributed by atoms with Crippen LogP contribution < -0.4 is 11.1 Å². The predicted octanol–water partition coefficient (Wildman–Crippen LogP) is 2.38. The number of rotatable bonds is 2. The number of aryl methyl sites for hydroxylation is 1. The van der Waals surface area contributed by atoms with E-state index in [-0.39, 0.29) is 5.82 Å². The number of hydrogen-bond donors (Lipinski definition) is 2. The standard InChI is InChI=1S/C10H10ClN3/c1-7-3-2-4-8(11)10(7)14-9(13)5-6-12/h2-5,14H,13H2,1H3/b9-5+. The molecule has 0 aromatic heterocycles. The summed E-state index contributed by atoms with van der Waals surface area (Å²) >= 11 is 5.95. The van der Waals surface area contributed by atoms with Crippen molar-refractivity contribution in [3.8, 4) is 6.07 Å². The van der Waals surface area contributed by atoms with Crippen molar-refractivity contribution in [3.05, 3.63) is 40.7 Å². The van der Waals surface area contributed by atoms with E-state index in [4.69, 9.17) is 22.6 Å². The second kappa shape index (κ2) is 4.54. The van der Waals surface area contributed by atoms with E-state index in [9.17, 15) is 0 Å². The van der Waals surface area contributed by atoms with Gasteiger partial charge in [-0.2, -0.15) is 5.26 Å². The zero-order valence-corrected chi connectivity index (χ0v) is 8.47. The summed E-state index contributed by atoms with van der Waals surface area (Å²) in [6, 6.07) is 7.36. The van der Waals surface area contributed by atoms with E-state index in [1.54, 1.807) is 6.07 Å². The molecule has 72 valence electrons. The van der Waals surface area contributed by atoms with Gasteiger partial charge in [0, 0.05) is 0 Å². The third-order valence-electron chi connectivity index (χ3n) is 1.71. The third kappa shape index (κ3) is 2.41. The fraction of sp³-hybridized carbons (Fsp3) is 0.100. The molecule has 1 aromatic rings. The number of allylic oxidation sites excluding steroid dienone is 1. The molecule has 0 fully saturated rings. The van der Waals surface area contributed by atoms with Crippen LogP contribution in [0.1, 0.15) is 5.56 Å². The molecule has 0 atom stereocenters. The maximum atomic E-state index is 8.37. The van der Waals surface area contributed by atoms with Gasteiger partial charge in [-0.3, -0.25) is 0 Å². The Morgan fingerprint density at radius 1 is 1.64 bits per heavy atom. The van der Waals surface area contributed by atoms with Gasteiger partial charge in [0.1, 0.15) is 5.82 Å². The van der Waals surface area contributed by atoms with Crippen molar-refractivity contribution in [1.82, 2.24) is 0 Å².